The Bertz CT molecular complexity index is 396. The number of rotatable bonds is 7. The Hall–Kier alpha value is -1.36. The Morgan fingerprint density at radius 3 is 2.89 bits per heavy atom. The second kappa shape index (κ2) is 7.87. The molecule has 0 radical (unpaired) electrons. The van der Waals surface area contributed by atoms with Crippen LogP contribution in [0.3, 0.4) is 0 Å². The molecule has 4 nitrogen and oxygen atoms in total. The van der Waals surface area contributed by atoms with E-state index in [0.29, 0.717) is 23.6 Å². The topological polar surface area (TPSA) is 61.5 Å². The lowest BCUT2D eigenvalue weighted by molar-refractivity contribution is 0.0503. The van der Waals surface area contributed by atoms with Crippen LogP contribution in [0.25, 0.3) is 0 Å². The fraction of sp³-hybridized carbons (Fsp3) is 0.462. The molecular weight excluding hydrogens is 250 g/mol. The predicted octanol–water partition coefficient (Wildman–Crippen LogP) is 2.58. The van der Waals surface area contributed by atoms with Gasteiger partial charge < -0.3 is 15.2 Å². The largest absolute Gasteiger partial charge is 0.496 e. The zero-order valence-corrected chi connectivity index (χ0v) is 11.6. The summed E-state index contributed by atoms with van der Waals surface area (Å²) in [4.78, 5) is 11.8. The second-order valence-electron chi connectivity index (χ2n) is 3.65. The van der Waals surface area contributed by atoms with Gasteiger partial charge in [0.25, 0.3) is 0 Å². The van der Waals surface area contributed by atoms with Crippen LogP contribution in [-0.2, 0) is 4.74 Å². The molecule has 1 aromatic carbocycles. The highest BCUT2D eigenvalue weighted by Gasteiger charge is 2.13. The molecule has 1 rings (SSSR count). The van der Waals surface area contributed by atoms with Gasteiger partial charge in [-0.2, -0.15) is 11.8 Å². The van der Waals surface area contributed by atoms with Gasteiger partial charge in [0.15, 0.2) is 0 Å². The van der Waals surface area contributed by atoms with Gasteiger partial charge in [0.2, 0.25) is 0 Å². The Balaban J connectivity index is 2.51. The first kappa shape index (κ1) is 14.7. The highest BCUT2D eigenvalue weighted by atomic mass is 32.2. The Morgan fingerprint density at radius 2 is 2.22 bits per heavy atom. The number of nitrogen functional groups attached to an aromatic ring is 1. The first-order valence-corrected chi connectivity index (χ1v) is 7.03. The number of anilines is 1. The highest BCUT2D eigenvalue weighted by molar-refractivity contribution is 7.99. The van der Waals surface area contributed by atoms with Gasteiger partial charge in [-0.1, -0.05) is 6.92 Å². The van der Waals surface area contributed by atoms with Crippen LogP contribution >= 0.6 is 11.8 Å². The molecule has 0 aliphatic rings. The van der Waals surface area contributed by atoms with Gasteiger partial charge in [-0.25, -0.2) is 4.79 Å². The molecule has 0 saturated carbocycles. The van der Waals surface area contributed by atoms with E-state index in [9.17, 15) is 4.79 Å². The van der Waals surface area contributed by atoms with Gasteiger partial charge in [-0.3, -0.25) is 0 Å². The first-order chi connectivity index (χ1) is 8.69. The van der Waals surface area contributed by atoms with Gasteiger partial charge in [0.1, 0.15) is 11.3 Å². The standard InChI is InChI=1S/C13H19NO3S/c1-3-18-8-4-7-17-13(15)11-6-5-10(14)9-12(11)16-2/h5-6,9H,3-4,7-8,14H2,1-2H3. The van der Waals surface area contributed by atoms with E-state index < -0.39 is 0 Å². The molecule has 5 heteroatoms. The average molecular weight is 269 g/mol. The number of hydrogen-bond donors (Lipinski definition) is 1. The van der Waals surface area contributed by atoms with Gasteiger partial charge in [-0.05, 0) is 30.1 Å². The molecule has 0 fully saturated rings. The summed E-state index contributed by atoms with van der Waals surface area (Å²) in [6, 6.07) is 4.90. The van der Waals surface area contributed by atoms with E-state index in [1.54, 1.807) is 18.2 Å². The highest BCUT2D eigenvalue weighted by Crippen LogP contribution is 2.22. The zero-order chi connectivity index (χ0) is 13.4. The smallest absolute Gasteiger partial charge is 0.341 e. The molecule has 2 N–H and O–H groups in total. The van der Waals surface area contributed by atoms with Crippen molar-refractivity contribution in [2.75, 3.05) is 31.0 Å². The number of carbonyl (C=O) groups excluding carboxylic acids is 1. The predicted molar refractivity (Wildman–Crippen MR) is 75.3 cm³/mol. The van der Waals surface area contributed by atoms with Crippen molar-refractivity contribution >= 4 is 23.4 Å². The molecular formula is C13H19NO3S. The number of carbonyl (C=O) groups is 1. The summed E-state index contributed by atoms with van der Waals surface area (Å²) in [5.41, 5.74) is 6.59. The van der Waals surface area contributed by atoms with Crippen molar-refractivity contribution in [1.82, 2.24) is 0 Å². The third kappa shape index (κ3) is 4.49. The summed E-state index contributed by atoms with van der Waals surface area (Å²) in [5, 5.41) is 0. The monoisotopic (exact) mass is 269 g/mol. The molecule has 0 heterocycles. The summed E-state index contributed by atoms with van der Waals surface area (Å²) in [5.74, 6) is 2.17. The van der Waals surface area contributed by atoms with E-state index in [2.05, 4.69) is 6.92 Å². The number of ether oxygens (including phenoxy) is 2. The van der Waals surface area contributed by atoms with E-state index in [1.807, 2.05) is 11.8 Å². The fourth-order valence-corrected chi connectivity index (χ4v) is 2.04. The fourth-order valence-electron chi connectivity index (χ4n) is 1.42. The number of thioether (sulfide) groups is 1. The van der Waals surface area contributed by atoms with Crippen LogP contribution in [0.15, 0.2) is 18.2 Å². The van der Waals surface area contributed by atoms with Crippen LogP contribution in [0.4, 0.5) is 5.69 Å². The summed E-state index contributed by atoms with van der Waals surface area (Å²) >= 11 is 1.83. The molecule has 0 amide bonds. The second-order valence-corrected chi connectivity index (χ2v) is 5.04. The lowest BCUT2D eigenvalue weighted by Crippen LogP contribution is -2.09. The molecule has 1 aromatic rings. The van der Waals surface area contributed by atoms with Crippen molar-refractivity contribution in [2.24, 2.45) is 0 Å². The quantitative estimate of drug-likeness (QED) is 0.468. The van der Waals surface area contributed by atoms with Crippen molar-refractivity contribution in [3.8, 4) is 5.75 Å². The third-order valence-electron chi connectivity index (χ3n) is 2.32. The van der Waals surface area contributed by atoms with E-state index in [-0.39, 0.29) is 5.97 Å². The molecule has 0 atom stereocenters. The number of methoxy groups -OCH3 is 1. The molecule has 0 bridgehead atoms. The maximum Gasteiger partial charge on any atom is 0.341 e. The maximum absolute atomic E-state index is 11.8. The lowest BCUT2D eigenvalue weighted by atomic mass is 10.2. The number of hydrogen-bond acceptors (Lipinski definition) is 5. The van der Waals surface area contributed by atoms with Gasteiger partial charge in [0.05, 0.1) is 13.7 Å². The molecule has 0 unspecified atom stereocenters. The Morgan fingerprint density at radius 1 is 1.44 bits per heavy atom. The van der Waals surface area contributed by atoms with E-state index in [0.717, 1.165) is 17.9 Å². The van der Waals surface area contributed by atoms with E-state index in [4.69, 9.17) is 15.2 Å². The van der Waals surface area contributed by atoms with Crippen LogP contribution in [0.1, 0.15) is 23.7 Å². The number of esters is 1. The molecule has 100 valence electrons. The van der Waals surface area contributed by atoms with Crippen molar-refractivity contribution in [1.29, 1.82) is 0 Å². The summed E-state index contributed by atoms with van der Waals surface area (Å²) in [7, 11) is 1.50. The lowest BCUT2D eigenvalue weighted by Gasteiger charge is -2.09. The van der Waals surface area contributed by atoms with Crippen LogP contribution < -0.4 is 10.5 Å². The van der Waals surface area contributed by atoms with Crippen molar-refractivity contribution in [3.05, 3.63) is 23.8 Å². The normalized spacial score (nSPS) is 10.1. The molecule has 18 heavy (non-hydrogen) atoms. The summed E-state index contributed by atoms with van der Waals surface area (Å²) in [6.45, 7) is 2.54. The van der Waals surface area contributed by atoms with Gasteiger partial charge >= 0.3 is 5.97 Å². The van der Waals surface area contributed by atoms with E-state index >= 15 is 0 Å². The minimum Gasteiger partial charge on any atom is -0.496 e. The van der Waals surface area contributed by atoms with Gasteiger partial charge in [0, 0.05) is 11.8 Å². The number of nitrogens with two attached hydrogens (primary N) is 1. The molecule has 0 aliphatic carbocycles. The zero-order valence-electron chi connectivity index (χ0n) is 10.8. The molecule has 0 spiro atoms. The summed E-state index contributed by atoms with van der Waals surface area (Å²) in [6.07, 6.45) is 0.863. The van der Waals surface area contributed by atoms with Crippen LogP contribution in [0.5, 0.6) is 5.75 Å². The molecule has 0 saturated heterocycles. The molecule has 0 aliphatic heterocycles. The van der Waals surface area contributed by atoms with Crippen LogP contribution in [0, 0.1) is 0 Å². The van der Waals surface area contributed by atoms with E-state index in [1.165, 1.54) is 7.11 Å². The minimum atomic E-state index is -0.367. The third-order valence-corrected chi connectivity index (χ3v) is 3.30. The maximum atomic E-state index is 11.8. The van der Waals surface area contributed by atoms with Gasteiger partial charge in [-0.15, -0.1) is 0 Å². The Kier molecular flexibility index (Phi) is 6.43. The van der Waals surface area contributed by atoms with Crippen molar-refractivity contribution in [2.45, 2.75) is 13.3 Å². The summed E-state index contributed by atoms with van der Waals surface area (Å²) < 4.78 is 10.3. The van der Waals surface area contributed by atoms with Crippen molar-refractivity contribution in [3.63, 3.8) is 0 Å². The van der Waals surface area contributed by atoms with Crippen LogP contribution in [-0.4, -0.2) is 31.2 Å². The first-order valence-electron chi connectivity index (χ1n) is 5.87. The Labute approximate surface area is 112 Å². The molecule has 0 aromatic heterocycles. The van der Waals surface area contributed by atoms with Crippen LogP contribution in [0.2, 0.25) is 0 Å². The SMILES string of the molecule is CCSCCCOC(=O)c1ccc(N)cc1OC. The number of benzene rings is 1. The average Bonchev–Trinajstić information content (AvgIpc) is 2.38. The van der Waals surface area contributed by atoms with Crippen molar-refractivity contribution < 1.29 is 14.3 Å². The minimum absolute atomic E-state index is 0.367.